The van der Waals surface area contributed by atoms with Crippen LogP contribution in [0.3, 0.4) is 0 Å². The van der Waals surface area contributed by atoms with Crippen molar-refractivity contribution in [3.63, 3.8) is 0 Å². The maximum absolute atomic E-state index is 10.4. The molecule has 0 saturated heterocycles. The van der Waals surface area contributed by atoms with Gasteiger partial charge in [0.1, 0.15) is 0 Å². The minimum Gasteiger partial charge on any atom is -0.748 e. The van der Waals surface area contributed by atoms with Crippen LogP contribution in [0.25, 0.3) is 0 Å². The summed E-state index contributed by atoms with van der Waals surface area (Å²) in [6, 6.07) is 0. The first-order valence-electron chi connectivity index (χ1n) is 4.24. The molecule has 8 heteroatoms. The minimum atomic E-state index is -4.23. The molecule has 0 rings (SSSR count). The Hall–Kier alpha value is -0.453. The van der Waals surface area contributed by atoms with Crippen LogP contribution >= 0.6 is 0 Å². The molecule has 0 unspecified atom stereocenters. The van der Waals surface area contributed by atoms with Gasteiger partial charge in [-0.1, -0.05) is 0 Å². The number of aliphatic hydroxyl groups excluding tert-OH is 2. The molecule has 2 N–H and O–H groups in total. The van der Waals surface area contributed by atoms with Gasteiger partial charge in [0.2, 0.25) is 0 Å². The van der Waals surface area contributed by atoms with Gasteiger partial charge in [0, 0.05) is 19.6 Å². The van der Waals surface area contributed by atoms with Crippen molar-refractivity contribution in [1.29, 1.82) is 0 Å². The molecule has 0 spiro atoms. The topological polar surface area (TPSA) is 101 Å². The second-order valence-corrected chi connectivity index (χ2v) is 4.31. The quantitative estimate of drug-likeness (QED) is 0.280. The van der Waals surface area contributed by atoms with E-state index in [4.69, 9.17) is 10.2 Å². The van der Waals surface area contributed by atoms with Crippen LogP contribution in [0, 0.1) is 0 Å². The van der Waals surface area contributed by atoms with Crippen LogP contribution in [-0.4, -0.2) is 53.5 Å². The number of hydrogen-bond donors (Lipinski definition) is 2. The molecule has 0 saturated carbocycles. The maximum Gasteiger partial charge on any atom is 1.00 e. The van der Waals surface area contributed by atoms with Crippen LogP contribution < -0.4 is 18.9 Å². The van der Waals surface area contributed by atoms with E-state index in [9.17, 15) is 13.0 Å². The van der Waals surface area contributed by atoms with Gasteiger partial charge < -0.3 is 14.8 Å². The first-order valence-corrected chi connectivity index (χ1v) is 5.81. The predicted octanol–water partition coefficient (Wildman–Crippen LogP) is -3.02. The standard InChI is InChI=1S/C8H15NO5S.Li/c10-6-1-3-9(4-2-7-11)5-8-15(12,13)14;/h1-2,6-7,10-11H,3-5,8H2,(H,12,13,14);/q;+1/p-1. The molecular formula is C8H14LiNO5S. The van der Waals surface area contributed by atoms with Gasteiger partial charge in [0.05, 0.1) is 28.4 Å². The summed E-state index contributed by atoms with van der Waals surface area (Å²) in [6.07, 6.45) is 4.48. The van der Waals surface area contributed by atoms with Gasteiger partial charge in [-0.3, -0.25) is 4.90 Å². The first-order chi connectivity index (χ1) is 6.99. The molecule has 0 aliphatic carbocycles. The Bertz CT molecular complexity index is 300. The molecule has 0 aromatic carbocycles. The minimum absolute atomic E-state index is 0. The van der Waals surface area contributed by atoms with Gasteiger partial charge in [-0.15, -0.1) is 0 Å². The average molecular weight is 243 g/mol. The van der Waals surface area contributed by atoms with E-state index < -0.39 is 15.9 Å². The molecule has 0 amide bonds. The zero-order chi connectivity index (χ0) is 11.7. The second-order valence-electron chi connectivity index (χ2n) is 2.79. The van der Waals surface area contributed by atoms with Crippen molar-refractivity contribution in [2.45, 2.75) is 0 Å². The van der Waals surface area contributed by atoms with Gasteiger partial charge in [0.15, 0.2) is 0 Å². The summed E-state index contributed by atoms with van der Waals surface area (Å²) in [5, 5.41) is 16.8. The second kappa shape index (κ2) is 9.75. The number of nitrogens with zero attached hydrogens (tertiary/aromatic N) is 1. The van der Waals surface area contributed by atoms with Crippen molar-refractivity contribution in [2.75, 3.05) is 25.4 Å². The van der Waals surface area contributed by atoms with E-state index in [1.165, 1.54) is 12.2 Å². The molecule has 0 aromatic heterocycles. The Morgan fingerprint density at radius 3 is 1.88 bits per heavy atom. The van der Waals surface area contributed by atoms with E-state index in [2.05, 4.69) is 0 Å². The molecule has 0 aliphatic heterocycles. The van der Waals surface area contributed by atoms with Crippen molar-refractivity contribution in [3.05, 3.63) is 24.7 Å². The van der Waals surface area contributed by atoms with E-state index in [1.54, 1.807) is 4.90 Å². The van der Waals surface area contributed by atoms with Crippen LogP contribution in [-0.2, 0) is 10.1 Å². The summed E-state index contributed by atoms with van der Waals surface area (Å²) in [6.45, 7) is 0.660. The van der Waals surface area contributed by atoms with Crippen LogP contribution in [0.4, 0.5) is 0 Å². The summed E-state index contributed by atoms with van der Waals surface area (Å²) in [4.78, 5) is 1.58. The zero-order valence-electron chi connectivity index (χ0n) is 9.11. The fraction of sp³-hybridized carbons (Fsp3) is 0.500. The zero-order valence-corrected chi connectivity index (χ0v) is 9.93. The summed E-state index contributed by atoms with van der Waals surface area (Å²) >= 11 is 0. The molecular weight excluding hydrogens is 229 g/mol. The normalized spacial score (nSPS) is 12.4. The molecule has 0 radical (unpaired) electrons. The average Bonchev–Trinajstić information content (AvgIpc) is 2.15. The largest absolute Gasteiger partial charge is 1.00 e. The van der Waals surface area contributed by atoms with E-state index in [1.807, 2.05) is 0 Å². The predicted molar refractivity (Wildman–Crippen MR) is 54.5 cm³/mol. The van der Waals surface area contributed by atoms with Gasteiger partial charge in [0.25, 0.3) is 0 Å². The van der Waals surface area contributed by atoms with Gasteiger partial charge in [-0.25, -0.2) is 8.42 Å². The molecule has 0 fully saturated rings. The molecule has 0 aromatic rings. The molecule has 0 bridgehead atoms. The van der Waals surface area contributed by atoms with Crippen molar-refractivity contribution in [1.82, 2.24) is 4.90 Å². The Labute approximate surface area is 107 Å². The summed E-state index contributed by atoms with van der Waals surface area (Å²) in [5.74, 6) is -0.495. The van der Waals surface area contributed by atoms with Crippen LogP contribution in [0.5, 0.6) is 0 Å². The van der Waals surface area contributed by atoms with Gasteiger partial charge in [-0.05, 0) is 12.2 Å². The molecule has 16 heavy (non-hydrogen) atoms. The summed E-state index contributed by atoms with van der Waals surface area (Å²) in [5.41, 5.74) is 0. The fourth-order valence-corrected chi connectivity index (χ4v) is 1.37. The molecule has 6 nitrogen and oxygen atoms in total. The number of aliphatic hydroxyl groups is 2. The third kappa shape index (κ3) is 11.6. The Morgan fingerprint density at radius 1 is 1.12 bits per heavy atom. The van der Waals surface area contributed by atoms with Crippen molar-refractivity contribution in [2.24, 2.45) is 0 Å². The monoisotopic (exact) mass is 243 g/mol. The van der Waals surface area contributed by atoms with Gasteiger partial charge >= 0.3 is 18.9 Å². The third-order valence-electron chi connectivity index (χ3n) is 1.60. The van der Waals surface area contributed by atoms with E-state index in [0.29, 0.717) is 13.1 Å². The number of rotatable bonds is 7. The van der Waals surface area contributed by atoms with Crippen molar-refractivity contribution >= 4 is 10.1 Å². The van der Waals surface area contributed by atoms with E-state index >= 15 is 0 Å². The summed E-state index contributed by atoms with van der Waals surface area (Å²) in [7, 11) is -4.23. The Balaban J connectivity index is 0. The van der Waals surface area contributed by atoms with Crippen molar-refractivity contribution < 1.29 is 42.0 Å². The van der Waals surface area contributed by atoms with Gasteiger partial charge in [-0.2, -0.15) is 0 Å². The summed E-state index contributed by atoms with van der Waals surface area (Å²) < 4.78 is 31.1. The van der Waals surface area contributed by atoms with E-state index in [-0.39, 0.29) is 25.4 Å². The Morgan fingerprint density at radius 2 is 1.56 bits per heavy atom. The molecule has 0 heterocycles. The van der Waals surface area contributed by atoms with E-state index in [0.717, 1.165) is 12.5 Å². The molecule has 0 aliphatic rings. The number of hydrogen-bond acceptors (Lipinski definition) is 6. The Kier molecular flexibility index (Phi) is 10.9. The fourth-order valence-electron chi connectivity index (χ4n) is 0.890. The SMILES string of the molecule is O=S(=O)([O-])CCN(CC=CO)CC=CO.[Li+]. The van der Waals surface area contributed by atoms with Crippen molar-refractivity contribution in [3.8, 4) is 0 Å². The molecule has 88 valence electrons. The van der Waals surface area contributed by atoms with Crippen LogP contribution in [0.15, 0.2) is 24.7 Å². The smallest absolute Gasteiger partial charge is 0.748 e. The maximum atomic E-state index is 10.4. The van der Waals surface area contributed by atoms with Crippen LogP contribution in [0.1, 0.15) is 0 Å². The first kappa shape index (κ1) is 17.9. The third-order valence-corrected chi connectivity index (χ3v) is 2.28. The molecule has 0 atom stereocenters. The van der Waals surface area contributed by atoms with Crippen LogP contribution in [0.2, 0.25) is 0 Å².